The van der Waals surface area contributed by atoms with Gasteiger partial charge in [0.1, 0.15) is 23.9 Å². The molecular formula is C18H19ClFNO3. The minimum atomic E-state index is -0.309. The molecule has 0 aliphatic rings. The average molecular weight is 352 g/mol. The molecule has 2 aromatic carbocycles. The predicted octanol–water partition coefficient (Wildman–Crippen LogP) is 3.83. The number of hydrogen-bond donors (Lipinski definition) is 1. The molecule has 24 heavy (non-hydrogen) atoms. The molecule has 0 unspecified atom stereocenters. The monoisotopic (exact) mass is 351 g/mol. The molecule has 0 aliphatic heterocycles. The van der Waals surface area contributed by atoms with Crippen LogP contribution in [0.1, 0.15) is 12.8 Å². The number of halogens is 2. The van der Waals surface area contributed by atoms with Gasteiger partial charge >= 0.3 is 0 Å². The fourth-order valence-electron chi connectivity index (χ4n) is 1.93. The molecule has 0 aliphatic carbocycles. The summed E-state index contributed by atoms with van der Waals surface area (Å²) in [5, 5.41) is 3.42. The average Bonchev–Trinajstić information content (AvgIpc) is 2.59. The minimum absolute atomic E-state index is 0.0580. The lowest BCUT2D eigenvalue weighted by atomic mass is 10.3. The van der Waals surface area contributed by atoms with Gasteiger partial charge < -0.3 is 14.8 Å². The van der Waals surface area contributed by atoms with Crippen molar-refractivity contribution < 1.29 is 18.7 Å². The van der Waals surface area contributed by atoms with Crippen LogP contribution in [0.2, 0.25) is 5.02 Å². The third-order valence-electron chi connectivity index (χ3n) is 3.14. The molecule has 0 aromatic heterocycles. The minimum Gasteiger partial charge on any atom is -0.494 e. The molecule has 0 saturated carbocycles. The first-order chi connectivity index (χ1) is 11.6. The Bertz CT molecular complexity index is 576. The second kappa shape index (κ2) is 9.78. The van der Waals surface area contributed by atoms with Crippen molar-refractivity contribution in [2.75, 3.05) is 19.8 Å². The van der Waals surface area contributed by atoms with Crippen LogP contribution >= 0.6 is 11.6 Å². The number of ether oxygens (including phenoxy) is 2. The third kappa shape index (κ3) is 6.87. The fourth-order valence-corrected chi connectivity index (χ4v) is 2.06. The Morgan fingerprint density at radius 3 is 2.21 bits per heavy atom. The second-order valence-corrected chi connectivity index (χ2v) is 5.49. The van der Waals surface area contributed by atoms with Gasteiger partial charge in [0.15, 0.2) is 0 Å². The molecule has 1 amide bonds. The van der Waals surface area contributed by atoms with E-state index >= 15 is 0 Å². The van der Waals surface area contributed by atoms with Crippen molar-refractivity contribution in [3.8, 4) is 11.5 Å². The van der Waals surface area contributed by atoms with Crippen LogP contribution in [0.25, 0.3) is 0 Å². The summed E-state index contributed by atoms with van der Waals surface area (Å²) in [6.07, 6.45) is 0.997. The normalized spacial score (nSPS) is 10.2. The molecule has 2 rings (SSSR count). The van der Waals surface area contributed by atoms with Crippen LogP contribution in [0, 0.1) is 5.82 Å². The Balaban J connectivity index is 1.52. The molecule has 0 radical (unpaired) electrons. The molecule has 6 heteroatoms. The summed E-state index contributed by atoms with van der Waals surface area (Å²) >= 11 is 5.79. The number of hydrogen-bond acceptors (Lipinski definition) is 3. The largest absolute Gasteiger partial charge is 0.494 e. The Morgan fingerprint density at radius 1 is 0.958 bits per heavy atom. The summed E-state index contributed by atoms with van der Waals surface area (Å²) in [5.41, 5.74) is 0. The summed E-state index contributed by atoms with van der Waals surface area (Å²) in [7, 11) is 0. The van der Waals surface area contributed by atoms with E-state index in [2.05, 4.69) is 5.32 Å². The van der Waals surface area contributed by atoms with Crippen molar-refractivity contribution in [1.82, 2.24) is 5.32 Å². The van der Waals surface area contributed by atoms with Crippen LogP contribution in [-0.2, 0) is 4.79 Å². The van der Waals surface area contributed by atoms with Crippen molar-refractivity contribution in [3.05, 3.63) is 59.4 Å². The standard InChI is InChI=1S/C18H19ClFNO3/c19-14-3-7-16(8-4-14)23-12-1-2-18(22)21-11-13-24-17-9-5-15(20)6-10-17/h3-10H,1-2,11-13H2,(H,21,22). The van der Waals surface area contributed by atoms with E-state index in [1.165, 1.54) is 12.1 Å². The predicted molar refractivity (Wildman–Crippen MR) is 91.1 cm³/mol. The maximum Gasteiger partial charge on any atom is 0.220 e. The first-order valence-electron chi connectivity index (χ1n) is 7.67. The smallest absolute Gasteiger partial charge is 0.220 e. The quantitative estimate of drug-likeness (QED) is 0.698. The van der Waals surface area contributed by atoms with Crippen molar-refractivity contribution >= 4 is 17.5 Å². The van der Waals surface area contributed by atoms with Gasteiger partial charge in [0, 0.05) is 11.4 Å². The number of rotatable bonds is 9. The lowest BCUT2D eigenvalue weighted by Gasteiger charge is -2.08. The molecule has 1 N–H and O–H groups in total. The molecular weight excluding hydrogens is 333 g/mol. The van der Waals surface area contributed by atoms with Gasteiger partial charge in [-0.05, 0) is 55.0 Å². The van der Waals surface area contributed by atoms with E-state index < -0.39 is 0 Å². The van der Waals surface area contributed by atoms with Crippen molar-refractivity contribution in [1.29, 1.82) is 0 Å². The van der Waals surface area contributed by atoms with Gasteiger partial charge in [0.2, 0.25) is 5.91 Å². The second-order valence-electron chi connectivity index (χ2n) is 5.06. The summed E-state index contributed by atoms with van der Waals surface area (Å²) in [6.45, 7) is 1.19. The van der Waals surface area contributed by atoms with Gasteiger partial charge in [-0.2, -0.15) is 0 Å². The molecule has 0 bridgehead atoms. The zero-order valence-electron chi connectivity index (χ0n) is 13.1. The molecule has 0 spiro atoms. The van der Waals surface area contributed by atoms with Crippen LogP contribution in [0.15, 0.2) is 48.5 Å². The Kier molecular flexibility index (Phi) is 7.36. The van der Waals surface area contributed by atoms with Gasteiger partial charge in [-0.3, -0.25) is 4.79 Å². The molecule has 128 valence electrons. The Morgan fingerprint density at radius 2 is 1.54 bits per heavy atom. The van der Waals surface area contributed by atoms with Gasteiger partial charge in [-0.15, -0.1) is 0 Å². The van der Waals surface area contributed by atoms with Crippen LogP contribution < -0.4 is 14.8 Å². The molecule has 4 nitrogen and oxygen atoms in total. The molecule has 0 saturated heterocycles. The molecule has 0 atom stereocenters. The number of benzene rings is 2. The third-order valence-corrected chi connectivity index (χ3v) is 3.39. The van der Waals surface area contributed by atoms with Gasteiger partial charge in [0.25, 0.3) is 0 Å². The van der Waals surface area contributed by atoms with E-state index in [-0.39, 0.29) is 11.7 Å². The lowest BCUT2D eigenvalue weighted by molar-refractivity contribution is -0.121. The number of carbonyl (C=O) groups excluding carboxylic acids is 1. The van der Waals surface area contributed by atoms with Crippen molar-refractivity contribution in [2.45, 2.75) is 12.8 Å². The SMILES string of the molecule is O=C(CCCOc1ccc(Cl)cc1)NCCOc1ccc(F)cc1. The summed E-state index contributed by atoms with van der Waals surface area (Å²) in [5.74, 6) is 0.934. The highest BCUT2D eigenvalue weighted by Crippen LogP contribution is 2.15. The van der Waals surface area contributed by atoms with Gasteiger partial charge in [0.05, 0.1) is 13.2 Å². The van der Waals surface area contributed by atoms with Crippen molar-refractivity contribution in [2.24, 2.45) is 0 Å². The Hall–Kier alpha value is -2.27. The summed E-state index contributed by atoms with van der Waals surface area (Å²) < 4.78 is 23.6. The van der Waals surface area contributed by atoms with Crippen LogP contribution in [-0.4, -0.2) is 25.7 Å². The first-order valence-corrected chi connectivity index (χ1v) is 8.05. The van der Waals surface area contributed by atoms with Crippen LogP contribution in [0.5, 0.6) is 11.5 Å². The zero-order chi connectivity index (χ0) is 17.2. The molecule has 0 heterocycles. The van der Waals surface area contributed by atoms with Crippen LogP contribution in [0.3, 0.4) is 0 Å². The lowest BCUT2D eigenvalue weighted by Crippen LogP contribution is -2.28. The number of carbonyl (C=O) groups is 1. The number of amides is 1. The number of nitrogens with one attached hydrogen (secondary N) is 1. The first kappa shape index (κ1) is 18.1. The Labute approximate surface area is 145 Å². The highest BCUT2D eigenvalue weighted by atomic mass is 35.5. The molecule has 0 fully saturated rings. The molecule has 2 aromatic rings. The zero-order valence-corrected chi connectivity index (χ0v) is 13.9. The van der Waals surface area contributed by atoms with E-state index in [9.17, 15) is 9.18 Å². The summed E-state index contributed by atoms with van der Waals surface area (Å²) in [6, 6.07) is 12.8. The summed E-state index contributed by atoms with van der Waals surface area (Å²) in [4.78, 5) is 11.7. The van der Waals surface area contributed by atoms with E-state index in [4.69, 9.17) is 21.1 Å². The van der Waals surface area contributed by atoms with E-state index in [0.29, 0.717) is 43.4 Å². The van der Waals surface area contributed by atoms with E-state index in [1.807, 2.05) is 0 Å². The van der Waals surface area contributed by atoms with Gasteiger partial charge in [-0.25, -0.2) is 4.39 Å². The highest BCUT2D eigenvalue weighted by Gasteiger charge is 2.02. The maximum absolute atomic E-state index is 12.7. The topological polar surface area (TPSA) is 47.6 Å². The highest BCUT2D eigenvalue weighted by molar-refractivity contribution is 6.30. The van der Waals surface area contributed by atoms with Crippen molar-refractivity contribution in [3.63, 3.8) is 0 Å². The van der Waals surface area contributed by atoms with Crippen LogP contribution in [0.4, 0.5) is 4.39 Å². The van der Waals surface area contributed by atoms with E-state index in [1.54, 1.807) is 36.4 Å². The maximum atomic E-state index is 12.7. The van der Waals surface area contributed by atoms with E-state index in [0.717, 1.165) is 5.75 Å². The fraction of sp³-hybridized carbons (Fsp3) is 0.278. The van der Waals surface area contributed by atoms with Gasteiger partial charge in [-0.1, -0.05) is 11.6 Å².